The van der Waals surface area contributed by atoms with Gasteiger partial charge in [-0.15, -0.1) is 0 Å². The lowest BCUT2D eigenvalue weighted by Crippen LogP contribution is -2.21. The van der Waals surface area contributed by atoms with Gasteiger partial charge in [0.05, 0.1) is 5.39 Å². The number of nitrogens with zero attached hydrogens (tertiary/aromatic N) is 3. The molecule has 3 aromatic heterocycles. The van der Waals surface area contributed by atoms with Gasteiger partial charge < -0.3 is 15.2 Å². The molecule has 0 saturated heterocycles. The Kier molecular flexibility index (Phi) is 5.21. The van der Waals surface area contributed by atoms with Gasteiger partial charge in [0, 0.05) is 25.0 Å². The van der Waals surface area contributed by atoms with Crippen LogP contribution < -0.4 is 16.2 Å². The van der Waals surface area contributed by atoms with Crippen LogP contribution in [-0.2, 0) is 13.0 Å². The second kappa shape index (κ2) is 7.56. The van der Waals surface area contributed by atoms with E-state index in [0.29, 0.717) is 23.6 Å². The Morgan fingerprint density at radius 1 is 1.15 bits per heavy atom. The molecule has 0 aliphatic heterocycles. The summed E-state index contributed by atoms with van der Waals surface area (Å²) in [6.07, 6.45) is 4.55. The van der Waals surface area contributed by atoms with Crippen LogP contribution in [0.1, 0.15) is 33.3 Å². The van der Waals surface area contributed by atoms with Gasteiger partial charge in [-0.05, 0) is 62.4 Å². The van der Waals surface area contributed by atoms with E-state index in [4.69, 9.17) is 0 Å². The maximum absolute atomic E-state index is 12.8. The lowest BCUT2D eigenvalue weighted by molar-refractivity contribution is 0.734. The van der Waals surface area contributed by atoms with Crippen molar-refractivity contribution >= 4 is 28.2 Å². The highest BCUT2D eigenvalue weighted by Crippen LogP contribution is 2.24. The van der Waals surface area contributed by atoms with Crippen molar-refractivity contribution in [3.05, 3.63) is 52.6 Å². The second-order valence-corrected chi connectivity index (χ2v) is 6.55. The molecule has 6 nitrogen and oxygen atoms in total. The molecule has 136 valence electrons. The predicted molar refractivity (Wildman–Crippen MR) is 107 cm³/mol. The summed E-state index contributed by atoms with van der Waals surface area (Å²) in [6, 6.07) is 8.02. The van der Waals surface area contributed by atoms with Crippen LogP contribution in [0.5, 0.6) is 0 Å². The third-order valence-corrected chi connectivity index (χ3v) is 4.21. The van der Waals surface area contributed by atoms with Crippen LogP contribution >= 0.6 is 0 Å². The minimum atomic E-state index is -0.0293. The van der Waals surface area contributed by atoms with Crippen molar-refractivity contribution in [2.75, 3.05) is 10.6 Å². The van der Waals surface area contributed by atoms with Gasteiger partial charge in [-0.25, -0.2) is 9.97 Å². The zero-order valence-electron chi connectivity index (χ0n) is 15.7. The van der Waals surface area contributed by atoms with Crippen LogP contribution in [0.25, 0.3) is 10.8 Å². The Labute approximate surface area is 153 Å². The first kappa shape index (κ1) is 17.9. The SMILES string of the molecule is CCc1ccnc(Nc2cc3ccn(CC)c(=O)c3c(NC(C)C)n2)c1. The van der Waals surface area contributed by atoms with Crippen LogP contribution in [-0.4, -0.2) is 20.6 Å². The predicted octanol–water partition coefficient (Wildman–Crippen LogP) is 3.94. The number of aromatic nitrogens is 3. The molecule has 0 fully saturated rings. The summed E-state index contributed by atoms with van der Waals surface area (Å²) in [5.41, 5.74) is 1.17. The Balaban J connectivity index is 2.10. The number of aryl methyl sites for hydroxylation is 2. The Bertz CT molecular complexity index is 978. The highest BCUT2D eigenvalue weighted by atomic mass is 16.1. The number of hydrogen-bond donors (Lipinski definition) is 2. The number of pyridine rings is 3. The lowest BCUT2D eigenvalue weighted by atomic mass is 10.2. The molecule has 0 bridgehead atoms. The molecular weight excluding hydrogens is 326 g/mol. The van der Waals surface area contributed by atoms with Gasteiger partial charge in [0.25, 0.3) is 5.56 Å². The number of hydrogen-bond acceptors (Lipinski definition) is 5. The molecule has 6 heteroatoms. The highest BCUT2D eigenvalue weighted by Gasteiger charge is 2.13. The summed E-state index contributed by atoms with van der Waals surface area (Å²) in [5, 5.41) is 8.03. The molecule has 0 unspecified atom stereocenters. The van der Waals surface area contributed by atoms with Crippen molar-refractivity contribution in [3.8, 4) is 0 Å². The Morgan fingerprint density at radius 3 is 2.65 bits per heavy atom. The molecule has 0 atom stereocenters. The summed E-state index contributed by atoms with van der Waals surface area (Å²) in [7, 11) is 0. The molecule has 3 rings (SSSR count). The van der Waals surface area contributed by atoms with E-state index in [1.807, 2.05) is 51.2 Å². The lowest BCUT2D eigenvalue weighted by Gasteiger charge is -2.15. The third kappa shape index (κ3) is 3.69. The van der Waals surface area contributed by atoms with E-state index < -0.39 is 0 Å². The molecule has 26 heavy (non-hydrogen) atoms. The maximum atomic E-state index is 12.8. The van der Waals surface area contributed by atoms with Gasteiger partial charge in [-0.2, -0.15) is 0 Å². The van der Waals surface area contributed by atoms with Crippen LogP contribution in [0.4, 0.5) is 17.5 Å². The van der Waals surface area contributed by atoms with E-state index in [1.54, 1.807) is 10.8 Å². The molecule has 3 aromatic rings. The molecule has 3 heterocycles. The average Bonchev–Trinajstić information content (AvgIpc) is 2.61. The molecule has 2 N–H and O–H groups in total. The zero-order valence-corrected chi connectivity index (χ0v) is 15.7. The molecule has 0 radical (unpaired) electrons. The van der Waals surface area contributed by atoms with E-state index >= 15 is 0 Å². The first-order chi connectivity index (χ1) is 12.5. The number of rotatable bonds is 6. The van der Waals surface area contributed by atoms with Gasteiger partial charge in [-0.3, -0.25) is 4.79 Å². The fourth-order valence-electron chi connectivity index (χ4n) is 2.89. The van der Waals surface area contributed by atoms with Crippen molar-refractivity contribution in [2.24, 2.45) is 0 Å². The van der Waals surface area contributed by atoms with Crippen molar-refractivity contribution in [1.29, 1.82) is 0 Å². The number of fused-ring (bicyclic) bond motifs is 1. The monoisotopic (exact) mass is 351 g/mol. The first-order valence-corrected chi connectivity index (χ1v) is 9.04. The number of anilines is 3. The van der Waals surface area contributed by atoms with Crippen LogP contribution in [0.3, 0.4) is 0 Å². The van der Waals surface area contributed by atoms with Gasteiger partial charge in [-0.1, -0.05) is 6.92 Å². The summed E-state index contributed by atoms with van der Waals surface area (Å²) >= 11 is 0. The smallest absolute Gasteiger partial charge is 0.262 e. The van der Waals surface area contributed by atoms with Crippen molar-refractivity contribution < 1.29 is 0 Å². The quantitative estimate of drug-likeness (QED) is 0.704. The van der Waals surface area contributed by atoms with E-state index in [1.165, 1.54) is 5.56 Å². The van der Waals surface area contributed by atoms with Gasteiger partial charge in [0.2, 0.25) is 0 Å². The Hall–Kier alpha value is -2.89. The molecule has 0 aliphatic carbocycles. The standard InChI is InChI=1S/C20H25N5O/c1-5-14-7-9-21-16(11-14)23-17-12-15-8-10-25(6-2)20(26)18(15)19(24-17)22-13(3)4/h7-13H,5-6H2,1-4H3,(H2,21,22,23,24). The zero-order chi connectivity index (χ0) is 18.7. The Morgan fingerprint density at radius 2 is 1.96 bits per heavy atom. The van der Waals surface area contributed by atoms with Crippen LogP contribution in [0.15, 0.2) is 41.5 Å². The molecule has 0 saturated carbocycles. The second-order valence-electron chi connectivity index (χ2n) is 6.55. The van der Waals surface area contributed by atoms with E-state index in [-0.39, 0.29) is 11.6 Å². The largest absolute Gasteiger partial charge is 0.367 e. The van der Waals surface area contributed by atoms with Crippen molar-refractivity contribution in [1.82, 2.24) is 14.5 Å². The van der Waals surface area contributed by atoms with Crippen molar-refractivity contribution in [3.63, 3.8) is 0 Å². The van der Waals surface area contributed by atoms with Crippen molar-refractivity contribution in [2.45, 2.75) is 46.7 Å². The fraction of sp³-hybridized carbons (Fsp3) is 0.350. The van der Waals surface area contributed by atoms with Gasteiger partial charge in [0.1, 0.15) is 17.5 Å². The number of nitrogens with one attached hydrogen (secondary N) is 2. The highest BCUT2D eigenvalue weighted by molar-refractivity contribution is 5.93. The first-order valence-electron chi connectivity index (χ1n) is 9.04. The van der Waals surface area contributed by atoms with E-state index in [0.717, 1.165) is 17.6 Å². The summed E-state index contributed by atoms with van der Waals surface area (Å²) in [4.78, 5) is 21.8. The molecule has 0 aromatic carbocycles. The average molecular weight is 351 g/mol. The van der Waals surface area contributed by atoms with Gasteiger partial charge >= 0.3 is 0 Å². The minimum Gasteiger partial charge on any atom is -0.367 e. The van der Waals surface area contributed by atoms with Crippen LogP contribution in [0.2, 0.25) is 0 Å². The van der Waals surface area contributed by atoms with E-state index in [9.17, 15) is 4.79 Å². The van der Waals surface area contributed by atoms with Crippen LogP contribution in [0, 0.1) is 0 Å². The van der Waals surface area contributed by atoms with Gasteiger partial charge in [0.15, 0.2) is 0 Å². The molecule has 0 amide bonds. The molecular formula is C20H25N5O. The summed E-state index contributed by atoms with van der Waals surface area (Å²) in [5.74, 6) is 2.00. The molecule has 0 aliphatic rings. The third-order valence-electron chi connectivity index (χ3n) is 4.21. The summed E-state index contributed by atoms with van der Waals surface area (Å²) < 4.78 is 1.69. The molecule has 0 spiro atoms. The maximum Gasteiger partial charge on any atom is 0.262 e. The summed E-state index contributed by atoms with van der Waals surface area (Å²) in [6.45, 7) is 8.75. The minimum absolute atomic E-state index is 0.0293. The fourth-order valence-corrected chi connectivity index (χ4v) is 2.89. The van der Waals surface area contributed by atoms with E-state index in [2.05, 4.69) is 27.5 Å². The normalized spacial score (nSPS) is 11.1. The topological polar surface area (TPSA) is 71.8 Å².